The molecule has 0 unspecified atom stereocenters. The molecule has 94 valence electrons. The van der Waals surface area contributed by atoms with E-state index < -0.39 is 0 Å². The van der Waals surface area contributed by atoms with E-state index in [1.807, 2.05) is 0 Å². The van der Waals surface area contributed by atoms with Crippen molar-refractivity contribution in [3.63, 3.8) is 0 Å². The molecule has 0 atom stereocenters. The normalized spacial score (nSPS) is 17.2. The van der Waals surface area contributed by atoms with Gasteiger partial charge in [0.25, 0.3) is 0 Å². The Morgan fingerprint density at radius 2 is 1.72 bits per heavy atom. The lowest BCUT2D eigenvalue weighted by Crippen LogP contribution is -3.12. The highest BCUT2D eigenvalue weighted by molar-refractivity contribution is 5.83. The van der Waals surface area contributed by atoms with Gasteiger partial charge in [0.1, 0.15) is 19.6 Å². The van der Waals surface area contributed by atoms with Gasteiger partial charge < -0.3 is 9.64 Å². The summed E-state index contributed by atoms with van der Waals surface area (Å²) in [7, 11) is 0. The van der Waals surface area contributed by atoms with Crippen LogP contribution in [0.15, 0.2) is 36.4 Å². The van der Waals surface area contributed by atoms with Crippen molar-refractivity contribution in [1.82, 2.24) is 0 Å². The molecule has 2 nitrogen and oxygen atoms in total. The van der Waals surface area contributed by atoms with Gasteiger partial charge in [0, 0.05) is 5.56 Å². The zero-order valence-electron chi connectivity index (χ0n) is 10.9. The van der Waals surface area contributed by atoms with Gasteiger partial charge in [-0.05, 0) is 29.3 Å². The van der Waals surface area contributed by atoms with E-state index in [9.17, 15) is 0 Å². The summed E-state index contributed by atoms with van der Waals surface area (Å²) in [6.07, 6.45) is 0. The molecule has 2 heteroatoms. The second kappa shape index (κ2) is 5.09. The van der Waals surface area contributed by atoms with Gasteiger partial charge >= 0.3 is 0 Å². The fourth-order valence-corrected chi connectivity index (χ4v) is 2.70. The number of rotatable bonds is 2. The van der Waals surface area contributed by atoms with Crippen LogP contribution in [0.3, 0.4) is 0 Å². The van der Waals surface area contributed by atoms with Crippen molar-refractivity contribution < 1.29 is 9.64 Å². The maximum absolute atomic E-state index is 5.42. The minimum Gasteiger partial charge on any atom is -0.370 e. The topological polar surface area (TPSA) is 13.7 Å². The highest BCUT2D eigenvalue weighted by atomic mass is 16.5. The van der Waals surface area contributed by atoms with Crippen LogP contribution in [0.5, 0.6) is 0 Å². The van der Waals surface area contributed by atoms with Gasteiger partial charge in [-0.25, -0.2) is 0 Å². The summed E-state index contributed by atoms with van der Waals surface area (Å²) in [5.74, 6) is 0. The summed E-state index contributed by atoms with van der Waals surface area (Å²) in [6.45, 7) is 7.42. The standard InChI is InChI=1S/C16H19NO/c1-13-10-14-4-2-3-5-15(14)11-16(13)12-17-6-8-18-9-7-17/h2-5,10-11H,6-9,12H2,1H3/p+1. The van der Waals surface area contributed by atoms with Crippen LogP contribution >= 0.6 is 0 Å². The van der Waals surface area contributed by atoms with E-state index in [0.717, 1.165) is 32.8 Å². The first-order chi connectivity index (χ1) is 8.83. The molecule has 1 aliphatic rings. The minimum atomic E-state index is 0.905. The van der Waals surface area contributed by atoms with E-state index in [0.29, 0.717) is 0 Å². The van der Waals surface area contributed by atoms with Crippen LogP contribution in [0.2, 0.25) is 0 Å². The second-order valence-corrected chi connectivity index (χ2v) is 5.16. The van der Waals surface area contributed by atoms with Crippen LogP contribution in [0, 0.1) is 6.92 Å². The lowest BCUT2D eigenvalue weighted by atomic mass is 10.0. The zero-order chi connectivity index (χ0) is 12.4. The van der Waals surface area contributed by atoms with Crippen molar-refractivity contribution in [2.24, 2.45) is 0 Å². The molecule has 1 N–H and O–H groups in total. The van der Waals surface area contributed by atoms with Crippen molar-refractivity contribution in [2.75, 3.05) is 26.3 Å². The summed E-state index contributed by atoms with van der Waals surface area (Å²) in [5.41, 5.74) is 2.89. The lowest BCUT2D eigenvalue weighted by molar-refractivity contribution is -0.921. The van der Waals surface area contributed by atoms with Crippen LogP contribution < -0.4 is 4.90 Å². The van der Waals surface area contributed by atoms with E-state index in [-0.39, 0.29) is 0 Å². The maximum Gasteiger partial charge on any atom is 0.103 e. The molecule has 1 fully saturated rings. The van der Waals surface area contributed by atoms with Crippen molar-refractivity contribution in [2.45, 2.75) is 13.5 Å². The Morgan fingerprint density at radius 1 is 1.06 bits per heavy atom. The van der Waals surface area contributed by atoms with E-state index in [4.69, 9.17) is 4.74 Å². The average Bonchev–Trinajstić information content (AvgIpc) is 2.41. The Hall–Kier alpha value is -1.38. The number of hydrogen-bond donors (Lipinski definition) is 1. The molecular weight excluding hydrogens is 222 g/mol. The van der Waals surface area contributed by atoms with Gasteiger partial charge in [-0.2, -0.15) is 0 Å². The van der Waals surface area contributed by atoms with Gasteiger partial charge in [0.2, 0.25) is 0 Å². The molecule has 0 amide bonds. The van der Waals surface area contributed by atoms with Gasteiger partial charge in [-0.1, -0.05) is 30.3 Å². The summed E-state index contributed by atoms with van der Waals surface area (Å²) >= 11 is 0. The molecule has 18 heavy (non-hydrogen) atoms. The summed E-state index contributed by atoms with van der Waals surface area (Å²) in [4.78, 5) is 1.64. The summed E-state index contributed by atoms with van der Waals surface area (Å²) < 4.78 is 5.42. The molecule has 1 saturated heterocycles. The highest BCUT2D eigenvalue weighted by Crippen LogP contribution is 2.19. The molecule has 1 heterocycles. The first kappa shape index (κ1) is 11.7. The molecule has 0 saturated carbocycles. The predicted molar refractivity (Wildman–Crippen MR) is 73.9 cm³/mol. The second-order valence-electron chi connectivity index (χ2n) is 5.16. The zero-order valence-corrected chi connectivity index (χ0v) is 10.9. The first-order valence-corrected chi connectivity index (χ1v) is 6.72. The van der Waals surface area contributed by atoms with Crippen LogP contribution in [0.25, 0.3) is 10.8 Å². The molecule has 2 aromatic carbocycles. The number of fused-ring (bicyclic) bond motifs is 1. The maximum atomic E-state index is 5.42. The van der Waals surface area contributed by atoms with Crippen LogP contribution in [0.1, 0.15) is 11.1 Å². The molecule has 1 aliphatic heterocycles. The predicted octanol–water partition coefficient (Wildman–Crippen LogP) is 1.56. The molecule has 0 aromatic heterocycles. The van der Waals surface area contributed by atoms with E-state index in [1.54, 1.807) is 4.90 Å². The number of morpholine rings is 1. The third-order valence-electron chi connectivity index (χ3n) is 3.84. The fraction of sp³-hybridized carbons (Fsp3) is 0.375. The number of quaternary nitrogens is 1. The lowest BCUT2D eigenvalue weighted by Gasteiger charge is -2.24. The molecule has 0 radical (unpaired) electrons. The smallest absolute Gasteiger partial charge is 0.103 e. The number of benzene rings is 2. The number of hydrogen-bond acceptors (Lipinski definition) is 1. The van der Waals surface area contributed by atoms with Gasteiger partial charge in [-0.15, -0.1) is 0 Å². The number of ether oxygens (including phenoxy) is 1. The summed E-state index contributed by atoms with van der Waals surface area (Å²) in [5, 5.41) is 2.70. The SMILES string of the molecule is Cc1cc2ccccc2cc1C[NH+]1CCOCC1. The van der Waals surface area contributed by atoms with E-state index >= 15 is 0 Å². The largest absolute Gasteiger partial charge is 0.370 e. The van der Waals surface area contributed by atoms with Gasteiger partial charge in [-0.3, -0.25) is 0 Å². The number of nitrogens with one attached hydrogen (secondary N) is 1. The van der Waals surface area contributed by atoms with E-state index in [1.165, 1.54) is 21.9 Å². The molecule has 0 bridgehead atoms. The van der Waals surface area contributed by atoms with Crippen LogP contribution in [-0.4, -0.2) is 26.3 Å². The van der Waals surface area contributed by atoms with Crippen molar-refractivity contribution in [3.8, 4) is 0 Å². The van der Waals surface area contributed by atoms with E-state index in [2.05, 4.69) is 43.3 Å². The van der Waals surface area contributed by atoms with Crippen LogP contribution in [-0.2, 0) is 11.3 Å². The molecule has 0 spiro atoms. The Morgan fingerprint density at radius 3 is 2.44 bits per heavy atom. The monoisotopic (exact) mass is 242 g/mol. The Balaban J connectivity index is 1.88. The molecule has 3 rings (SSSR count). The van der Waals surface area contributed by atoms with Crippen molar-refractivity contribution in [3.05, 3.63) is 47.5 Å². The quantitative estimate of drug-likeness (QED) is 0.844. The molecule has 0 aliphatic carbocycles. The van der Waals surface area contributed by atoms with Gasteiger partial charge in [0.05, 0.1) is 13.2 Å². The first-order valence-electron chi connectivity index (χ1n) is 6.72. The van der Waals surface area contributed by atoms with Gasteiger partial charge in [0.15, 0.2) is 0 Å². The third kappa shape index (κ3) is 2.40. The fourth-order valence-electron chi connectivity index (χ4n) is 2.70. The van der Waals surface area contributed by atoms with Crippen molar-refractivity contribution >= 4 is 10.8 Å². The van der Waals surface area contributed by atoms with Crippen molar-refractivity contribution in [1.29, 1.82) is 0 Å². The Labute approximate surface area is 108 Å². The number of aryl methyl sites for hydroxylation is 1. The Bertz CT molecular complexity index is 544. The Kier molecular flexibility index (Phi) is 3.31. The highest BCUT2D eigenvalue weighted by Gasteiger charge is 2.15. The molecule has 2 aromatic rings. The van der Waals surface area contributed by atoms with Crippen LogP contribution in [0.4, 0.5) is 0 Å². The third-order valence-corrected chi connectivity index (χ3v) is 3.84. The minimum absolute atomic E-state index is 0.905. The average molecular weight is 242 g/mol. The molecular formula is C16H20NO+. The summed E-state index contributed by atoms with van der Waals surface area (Å²) in [6, 6.07) is 13.3.